The van der Waals surface area contributed by atoms with Gasteiger partial charge in [0.2, 0.25) is 0 Å². The molecule has 0 radical (unpaired) electrons. The summed E-state index contributed by atoms with van der Waals surface area (Å²) in [5, 5.41) is 2.28. The predicted molar refractivity (Wildman–Crippen MR) is 99.3 cm³/mol. The molecule has 0 spiro atoms. The lowest BCUT2D eigenvalue weighted by Gasteiger charge is -2.11. The molecule has 0 heterocycles. The summed E-state index contributed by atoms with van der Waals surface area (Å²) in [6.45, 7) is -1.70. The van der Waals surface area contributed by atoms with Gasteiger partial charge in [-0.15, -0.1) is 0 Å². The number of esters is 1. The highest BCUT2D eigenvalue weighted by Gasteiger charge is 2.12. The number of hydrogen-bond acceptors (Lipinski definition) is 5. The number of para-hydroxylation sites is 1. The van der Waals surface area contributed by atoms with Crippen molar-refractivity contribution in [2.45, 2.75) is 13.5 Å². The first-order chi connectivity index (χ1) is 13.9. The first-order valence-electron chi connectivity index (χ1n) is 8.50. The third-order valence-corrected chi connectivity index (χ3v) is 3.39. The molecular weight excluding hydrogens is 391 g/mol. The number of carbonyl (C=O) groups is 2. The predicted octanol–water partition coefficient (Wildman–Crippen LogP) is 4.02. The van der Waals surface area contributed by atoms with Gasteiger partial charge in [0.05, 0.1) is 12.3 Å². The number of amides is 1. The summed E-state index contributed by atoms with van der Waals surface area (Å²) >= 11 is 0. The molecule has 0 unspecified atom stereocenters. The van der Waals surface area contributed by atoms with Gasteiger partial charge >= 0.3 is 12.6 Å². The molecular formula is C20H18F3NO5. The lowest BCUT2D eigenvalue weighted by molar-refractivity contribution is -0.142. The molecule has 2 rings (SSSR count). The van der Waals surface area contributed by atoms with E-state index in [0.29, 0.717) is 5.56 Å². The van der Waals surface area contributed by atoms with Gasteiger partial charge in [0.15, 0.2) is 18.1 Å². The van der Waals surface area contributed by atoms with Crippen LogP contribution in [0.3, 0.4) is 0 Å². The van der Waals surface area contributed by atoms with E-state index in [2.05, 4.69) is 10.1 Å². The average molecular weight is 409 g/mol. The summed E-state index contributed by atoms with van der Waals surface area (Å²) in [5.41, 5.74) is 0.432. The zero-order valence-corrected chi connectivity index (χ0v) is 15.4. The molecule has 0 aliphatic heterocycles. The van der Waals surface area contributed by atoms with Crippen LogP contribution in [-0.4, -0.2) is 31.7 Å². The summed E-state index contributed by atoms with van der Waals surface area (Å²) in [4.78, 5) is 23.5. The maximum Gasteiger partial charge on any atom is 0.387 e. The first-order valence-corrected chi connectivity index (χ1v) is 8.50. The largest absolute Gasteiger partial charge is 0.490 e. The van der Waals surface area contributed by atoms with Gasteiger partial charge in [0.25, 0.3) is 5.91 Å². The standard InChI is InChI=1S/C20H18F3NO5/c1-2-27-17-11-13(7-9-16(17)29-20(22)23)8-10-19(26)28-12-18(25)24-15-6-4-3-5-14(15)21/h3-11,20H,2,12H2,1H3,(H,24,25)/b10-8+. The minimum atomic E-state index is -3.00. The zero-order chi connectivity index (χ0) is 21.2. The Bertz CT molecular complexity index is 886. The maximum absolute atomic E-state index is 13.4. The van der Waals surface area contributed by atoms with Crippen LogP contribution in [0.15, 0.2) is 48.5 Å². The molecule has 2 aromatic rings. The van der Waals surface area contributed by atoms with Gasteiger partial charge in [0.1, 0.15) is 5.82 Å². The highest BCUT2D eigenvalue weighted by molar-refractivity contribution is 5.94. The molecule has 1 amide bonds. The Kier molecular flexibility index (Phi) is 8.08. The van der Waals surface area contributed by atoms with Crippen molar-refractivity contribution in [2.24, 2.45) is 0 Å². The van der Waals surface area contributed by atoms with E-state index in [1.54, 1.807) is 13.0 Å². The van der Waals surface area contributed by atoms with Crippen LogP contribution in [0.5, 0.6) is 11.5 Å². The van der Waals surface area contributed by atoms with Crippen molar-refractivity contribution in [3.05, 3.63) is 59.9 Å². The highest BCUT2D eigenvalue weighted by atomic mass is 19.3. The Morgan fingerprint density at radius 2 is 1.90 bits per heavy atom. The van der Waals surface area contributed by atoms with Crippen LogP contribution < -0.4 is 14.8 Å². The van der Waals surface area contributed by atoms with Crippen molar-refractivity contribution in [2.75, 3.05) is 18.5 Å². The number of anilines is 1. The molecule has 0 aliphatic carbocycles. The Morgan fingerprint density at radius 3 is 2.59 bits per heavy atom. The van der Waals surface area contributed by atoms with Gasteiger partial charge in [-0.1, -0.05) is 18.2 Å². The molecule has 0 aliphatic rings. The third-order valence-electron chi connectivity index (χ3n) is 3.39. The van der Waals surface area contributed by atoms with Crippen molar-refractivity contribution in [1.29, 1.82) is 0 Å². The van der Waals surface area contributed by atoms with Gasteiger partial charge in [-0.3, -0.25) is 4.79 Å². The summed E-state index contributed by atoms with van der Waals surface area (Å²) in [5.74, 6) is -2.18. The molecule has 0 saturated heterocycles. The molecule has 9 heteroatoms. The molecule has 0 aromatic heterocycles. The second kappa shape index (κ2) is 10.7. The lowest BCUT2D eigenvalue weighted by Crippen LogP contribution is -2.20. The maximum atomic E-state index is 13.4. The van der Waals surface area contributed by atoms with E-state index in [1.807, 2.05) is 0 Å². The number of hydrogen-bond donors (Lipinski definition) is 1. The SMILES string of the molecule is CCOc1cc(/C=C/C(=O)OCC(=O)Nc2ccccc2F)ccc1OC(F)F. The van der Waals surface area contributed by atoms with Crippen molar-refractivity contribution >= 4 is 23.6 Å². The summed E-state index contributed by atoms with van der Waals surface area (Å²) in [6, 6.07) is 9.69. The smallest absolute Gasteiger partial charge is 0.387 e. The molecule has 1 N–H and O–H groups in total. The van der Waals surface area contributed by atoms with E-state index in [-0.39, 0.29) is 23.8 Å². The van der Waals surface area contributed by atoms with E-state index in [4.69, 9.17) is 9.47 Å². The molecule has 2 aromatic carbocycles. The van der Waals surface area contributed by atoms with E-state index in [0.717, 1.165) is 6.08 Å². The van der Waals surface area contributed by atoms with Crippen LogP contribution in [0.4, 0.5) is 18.9 Å². The monoisotopic (exact) mass is 409 g/mol. The number of ether oxygens (including phenoxy) is 3. The number of carbonyl (C=O) groups excluding carboxylic acids is 2. The van der Waals surface area contributed by atoms with Gasteiger partial charge in [-0.2, -0.15) is 8.78 Å². The normalized spacial score (nSPS) is 10.8. The van der Waals surface area contributed by atoms with Crippen LogP contribution in [0.25, 0.3) is 6.08 Å². The highest BCUT2D eigenvalue weighted by Crippen LogP contribution is 2.30. The van der Waals surface area contributed by atoms with Crippen LogP contribution in [0.2, 0.25) is 0 Å². The van der Waals surface area contributed by atoms with Crippen LogP contribution in [0, 0.1) is 5.82 Å². The minimum absolute atomic E-state index is 0.0290. The Labute approximate surface area is 164 Å². The van der Waals surface area contributed by atoms with Crippen molar-refractivity contribution in [1.82, 2.24) is 0 Å². The van der Waals surface area contributed by atoms with Gasteiger partial charge < -0.3 is 19.5 Å². The molecule has 29 heavy (non-hydrogen) atoms. The number of alkyl halides is 2. The van der Waals surface area contributed by atoms with Crippen molar-refractivity contribution in [3.8, 4) is 11.5 Å². The number of halogens is 3. The Balaban J connectivity index is 1.91. The first kappa shape index (κ1) is 21.8. The molecule has 0 bridgehead atoms. The fourth-order valence-corrected chi connectivity index (χ4v) is 2.19. The molecule has 0 saturated carbocycles. The van der Waals surface area contributed by atoms with Crippen molar-refractivity contribution in [3.63, 3.8) is 0 Å². The quantitative estimate of drug-likeness (QED) is 0.500. The third kappa shape index (κ3) is 7.21. The zero-order valence-electron chi connectivity index (χ0n) is 15.4. The second-order valence-electron chi connectivity index (χ2n) is 5.49. The van der Waals surface area contributed by atoms with Crippen LogP contribution >= 0.6 is 0 Å². The minimum Gasteiger partial charge on any atom is -0.490 e. The number of nitrogens with one attached hydrogen (secondary N) is 1. The van der Waals surface area contributed by atoms with E-state index in [9.17, 15) is 22.8 Å². The van der Waals surface area contributed by atoms with Gasteiger partial charge in [-0.05, 0) is 42.8 Å². The Morgan fingerprint density at radius 1 is 1.14 bits per heavy atom. The molecule has 0 fully saturated rings. The fourth-order valence-electron chi connectivity index (χ4n) is 2.19. The molecule has 6 nitrogen and oxygen atoms in total. The molecule has 154 valence electrons. The second-order valence-corrected chi connectivity index (χ2v) is 5.49. The molecule has 0 atom stereocenters. The van der Waals surface area contributed by atoms with E-state index < -0.39 is 30.9 Å². The van der Waals surface area contributed by atoms with E-state index >= 15 is 0 Å². The van der Waals surface area contributed by atoms with Crippen LogP contribution in [0.1, 0.15) is 12.5 Å². The average Bonchev–Trinajstić information content (AvgIpc) is 2.68. The summed E-state index contributed by atoms with van der Waals surface area (Å²) in [6.07, 6.45) is 2.40. The van der Waals surface area contributed by atoms with Crippen LogP contribution in [-0.2, 0) is 14.3 Å². The fraction of sp³-hybridized carbons (Fsp3) is 0.200. The summed E-state index contributed by atoms with van der Waals surface area (Å²) in [7, 11) is 0. The summed E-state index contributed by atoms with van der Waals surface area (Å²) < 4.78 is 52.6. The Hall–Kier alpha value is -3.49. The van der Waals surface area contributed by atoms with E-state index in [1.165, 1.54) is 42.5 Å². The number of benzene rings is 2. The lowest BCUT2D eigenvalue weighted by atomic mass is 10.2. The van der Waals surface area contributed by atoms with Gasteiger partial charge in [-0.25, -0.2) is 9.18 Å². The topological polar surface area (TPSA) is 73.9 Å². The number of rotatable bonds is 9. The van der Waals surface area contributed by atoms with Gasteiger partial charge in [0, 0.05) is 6.08 Å². The van der Waals surface area contributed by atoms with Crippen molar-refractivity contribution < 1.29 is 37.0 Å².